The summed E-state index contributed by atoms with van der Waals surface area (Å²) in [7, 11) is 0. The van der Waals surface area contributed by atoms with Gasteiger partial charge in [-0.05, 0) is 12.1 Å². The lowest BCUT2D eigenvalue weighted by atomic mass is 10.2. The maximum Gasteiger partial charge on any atom is 0.421 e. The number of pyridine rings is 1. The van der Waals surface area contributed by atoms with Gasteiger partial charge >= 0.3 is 6.18 Å². The first-order valence-electron chi connectivity index (χ1n) is 7.21. The van der Waals surface area contributed by atoms with Gasteiger partial charge in [-0.25, -0.2) is 0 Å². The number of nitrogens with one attached hydrogen (secondary N) is 1. The summed E-state index contributed by atoms with van der Waals surface area (Å²) < 4.78 is 43.9. The molecule has 2 rings (SSSR count). The van der Waals surface area contributed by atoms with Gasteiger partial charge in [-0.3, -0.25) is 14.5 Å². The van der Waals surface area contributed by atoms with E-state index in [4.69, 9.17) is 4.74 Å². The molecule has 2 heterocycles. The molecule has 0 aliphatic carbocycles. The van der Waals surface area contributed by atoms with Crippen LogP contribution in [0, 0.1) is 0 Å². The number of alkyl halides is 3. The van der Waals surface area contributed by atoms with E-state index in [1.807, 2.05) is 0 Å². The van der Waals surface area contributed by atoms with Crippen molar-refractivity contribution in [2.24, 2.45) is 0 Å². The number of aromatic nitrogens is 1. The van der Waals surface area contributed by atoms with Crippen molar-refractivity contribution in [1.82, 2.24) is 14.8 Å². The summed E-state index contributed by atoms with van der Waals surface area (Å²) in [6.07, 6.45) is -3.56. The number of nitrogens with zero attached hydrogens (tertiary/aromatic N) is 2. The number of carbonyl (C=O) groups excluding carboxylic acids is 1. The van der Waals surface area contributed by atoms with Crippen LogP contribution >= 0.6 is 0 Å². The highest BCUT2D eigenvalue weighted by molar-refractivity contribution is 5.75. The largest absolute Gasteiger partial charge is 0.421 e. The molecule has 9 heteroatoms. The van der Waals surface area contributed by atoms with Crippen molar-refractivity contribution in [1.29, 1.82) is 0 Å². The number of carbonyl (C=O) groups is 1. The number of hydrogen-bond acceptors (Lipinski definition) is 4. The molecule has 0 atom stereocenters. The quantitative estimate of drug-likeness (QED) is 0.843. The van der Waals surface area contributed by atoms with E-state index in [1.165, 1.54) is 6.20 Å². The Balaban J connectivity index is 1.86. The van der Waals surface area contributed by atoms with E-state index in [0.29, 0.717) is 32.4 Å². The summed E-state index contributed by atoms with van der Waals surface area (Å²) in [5.41, 5.74) is -2.50. The minimum absolute atomic E-state index is 0.368. The summed E-state index contributed by atoms with van der Waals surface area (Å²) >= 11 is 0. The SMILES string of the molecule is O=C(Cn1cccc(C(F)(F)F)c1=O)NCCN1CCOCC1. The molecule has 1 aromatic rings. The first-order valence-corrected chi connectivity index (χ1v) is 7.21. The summed E-state index contributed by atoms with van der Waals surface area (Å²) in [5, 5.41) is 2.60. The molecule has 0 radical (unpaired) electrons. The maximum atomic E-state index is 12.6. The van der Waals surface area contributed by atoms with E-state index >= 15 is 0 Å². The molecular weight excluding hydrogens is 315 g/mol. The van der Waals surface area contributed by atoms with Crippen molar-refractivity contribution < 1.29 is 22.7 Å². The van der Waals surface area contributed by atoms with Gasteiger partial charge in [0.05, 0.1) is 13.2 Å². The van der Waals surface area contributed by atoms with Crippen LogP contribution in [0.5, 0.6) is 0 Å². The average Bonchev–Trinajstić information content (AvgIpc) is 2.49. The Labute approximate surface area is 130 Å². The zero-order chi connectivity index (χ0) is 16.9. The highest BCUT2D eigenvalue weighted by Crippen LogP contribution is 2.25. The van der Waals surface area contributed by atoms with E-state index in [-0.39, 0.29) is 0 Å². The molecule has 1 aliphatic heterocycles. The van der Waals surface area contributed by atoms with Gasteiger partial charge in [-0.15, -0.1) is 0 Å². The van der Waals surface area contributed by atoms with Crippen LogP contribution in [0.4, 0.5) is 13.2 Å². The Morgan fingerprint density at radius 3 is 2.65 bits per heavy atom. The Morgan fingerprint density at radius 2 is 2.00 bits per heavy atom. The Kier molecular flexibility index (Phi) is 5.78. The normalized spacial score (nSPS) is 16.3. The number of ether oxygens (including phenoxy) is 1. The van der Waals surface area contributed by atoms with Gasteiger partial charge in [0.1, 0.15) is 12.1 Å². The molecule has 1 saturated heterocycles. The molecule has 0 unspecified atom stereocenters. The molecule has 0 aromatic carbocycles. The van der Waals surface area contributed by atoms with Crippen LogP contribution in [0.15, 0.2) is 23.1 Å². The van der Waals surface area contributed by atoms with Crippen LogP contribution in [0.25, 0.3) is 0 Å². The second-order valence-corrected chi connectivity index (χ2v) is 5.16. The second-order valence-electron chi connectivity index (χ2n) is 5.16. The van der Waals surface area contributed by atoms with E-state index < -0.39 is 29.8 Å². The maximum absolute atomic E-state index is 12.6. The molecule has 128 valence electrons. The van der Waals surface area contributed by atoms with Crippen molar-refractivity contribution in [3.8, 4) is 0 Å². The minimum atomic E-state index is -4.73. The Hall–Kier alpha value is -1.87. The van der Waals surface area contributed by atoms with Crippen LogP contribution in [-0.2, 0) is 22.3 Å². The molecule has 1 fully saturated rings. The van der Waals surface area contributed by atoms with Crippen LogP contribution in [0.1, 0.15) is 5.56 Å². The molecule has 6 nitrogen and oxygen atoms in total. The molecule has 0 bridgehead atoms. The third-order valence-electron chi connectivity index (χ3n) is 3.49. The second kappa shape index (κ2) is 7.60. The monoisotopic (exact) mass is 333 g/mol. The Morgan fingerprint density at radius 1 is 1.30 bits per heavy atom. The fourth-order valence-corrected chi connectivity index (χ4v) is 2.27. The molecule has 1 aromatic heterocycles. The molecule has 0 spiro atoms. The van der Waals surface area contributed by atoms with Crippen molar-refractivity contribution in [3.05, 3.63) is 34.2 Å². The summed E-state index contributed by atoms with van der Waals surface area (Å²) in [6, 6.07) is 1.81. The lowest BCUT2D eigenvalue weighted by Gasteiger charge is -2.26. The van der Waals surface area contributed by atoms with Crippen LogP contribution in [0.3, 0.4) is 0 Å². The predicted molar refractivity (Wildman–Crippen MR) is 76.0 cm³/mol. The molecule has 1 amide bonds. The number of halogens is 3. The van der Waals surface area contributed by atoms with Gasteiger partial charge in [-0.2, -0.15) is 13.2 Å². The third-order valence-corrected chi connectivity index (χ3v) is 3.49. The van der Waals surface area contributed by atoms with E-state index in [1.54, 1.807) is 0 Å². The smallest absolute Gasteiger partial charge is 0.379 e. The first-order chi connectivity index (χ1) is 10.9. The lowest BCUT2D eigenvalue weighted by molar-refractivity contribution is -0.139. The van der Waals surface area contributed by atoms with Gasteiger partial charge in [0.25, 0.3) is 5.56 Å². The highest BCUT2D eigenvalue weighted by atomic mass is 19.4. The Bertz CT molecular complexity index is 595. The third kappa shape index (κ3) is 5.07. The fourth-order valence-electron chi connectivity index (χ4n) is 2.27. The van der Waals surface area contributed by atoms with Crippen LogP contribution in [-0.4, -0.2) is 54.8 Å². The minimum Gasteiger partial charge on any atom is -0.379 e. The summed E-state index contributed by atoms with van der Waals surface area (Å²) in [5.74, 6) is -0.500. The fraction of sp³-hybridized carbons (Fsp3) is 0.571. The number of rotatable bonds is 5. The van der Waals surface area contributed by atoms with Gasteiger partial charge in [0, 0.05) is 32.4 Å². The van der Waals surface area contributed by atoms with Gasteiger partial charge in [-0.1, -0.05) is 0 Å². The molecule has 23 heavy (non-hydrogen) atoms. The first kappa shape index (κ1) is 17.5. The van der Waals surface area contributed by atoms with Crippen LogP contribution < -0.4 is 10.9 Å². The summed E-state index contributed by atoms with van der Waals surface area (Å²) in [4.78, 5) is 25.6. The topological polar surface area (TPSA) is 63.6 Å². The lowest BCUT2D eigenvalue weighted by Crippen LogP contribution is -2.42. The van der Waals surface area contributed by atoms with E-state index in [2.05, 4.69) is 10.2 Å². The van der Waals surface area contributed by atoms with Crippen molar-refractivity contribution in [3.63, 3.8) is 0 Å². The van der Waals surface area contributed by atoms with E-state index in [0.717, 1.165) is 23.7 Å². The molecule has 0 saturated carbocycles. The highest BCUT2D eigenvalue weighted by Gasteiger charge is 2.34. The standard InChI is InChI=1S/C14H18F3N3O3/c15-14(16,17)11-2-1-4-20(13(11)22)10-12(21)18-3-5-19-6-8-23-9-7-19/h1-2,4H,3,5-10H2,(H,18,21). The van der Waals surface area contributed by atoms with Gasteiger partial charge in [0.2, 0.25) is 5.91 Å². The molecule has 1 aliphatic rings. The van der Waals surface area contributed by atoms with Gasteiger partial charge in [0.15, 0.2) is 0 Å². The zero-order valence-electron chi connectivity index (χ0n) is 12.4. The molecule has 1 N–H and O–H groups in total. The van der Waals surface area contributed by atoms with E-state index in [9.17, 15) is 22.8 Å². The van der Waals surface area contributed by atoms with Crippen molar-refractivity contribution in [2.75, 3.05) is 39.4 Å². The average molecular weight is 333 g/mol. The van der Waals surface area contributed by atoms with Crippen molar-refractivity contribution in [2.45, 2.75) is 12.7 Å². The van der Waals surface area contributed by atoms with Gasteiger partial charge < -0.3 is 14.6 Å². The van der Waals surface area contributed by atoms with Crippen LogP contribution in [0.2, 0.25) is 0 Å². The molecular formula is C14H18F3N3O3. The number of amides is 1. The summed E-state index contributed by atoms with van der Waals surface area (Å²) in [6.45, 7) is 3.41. The zero-order valence-corrected chi connectivity index (χ0v) is 12.4. The predicted octanol–water partition coefficient (Wildman–Crippen LogP) is 0.315. The number of hydrogen-bond donors (Lipinski definition) is 1. The number of morpholine rings is 1. The van der Waals surface area contributed by atoms with Crippen molar-refractivity contribution >= 4 is 5.91 Å².